The van der Waals surface area contributed by atoms with Crippen LogP contribution in [0.4, 0.5) is 17.1 Å². The zero-order chi connectivity index (χ0) is 42.8. The van der Waals surface area contributed by atoms with Crippen molar-refractivity contribution < 1.29 is 8.83 Å². The van der Waals surface area contributed by atoms with Crippen LogP contribution >= 0.6 is 0 Å². The molecule has 0 saturated carbocycles. The Labute approximate surface area is 375 Å². The molecule has 0 spiro atoms. The van der Waals surface area contributed by atoms with Crippen molar-refractivity contribution in [2.45, 2.75) is 0 Å². The Balaban J connectivity index is 0.914. The molecule has 0 aliphatic heterocycles. The molecule has 0 fully saturated rings. The highest BCUT2D eigenvalue weighted by Crippen LogP contribution is 2.44. The van der Waals surface area contributed by atoms with Gasteiger partial charge in [-0.3, -0.25) is 0 Å². The summed E-state index contributed by atoms with van der Waals surface area (Å²) in [5.74, 6) is 0. The van der Waals surface area contributed by atoms with Gasteiger partial charge in [-0.2, -0.15) is 0 Å². The number of fused-ring (bicyclic) bond motifs is 10. The maximum Gasteiger partial charge on any atom is 0.143 e. The minimum absolute atomic E-state index is 0.903. The van der Waals surface area contributed by atoms with Crippen LogP contribution in [0.2, 0.25) is 0 Å². The number of furan rings is 2. The quantitative estimate of drug-likeness (QED) is 0.160. The van der Waals surface area contributed by atoms with Crippen molar-refractivity contribution in [1.82, 2.24) is 0 Å². The van der Waals surface area contributed by atoms with Crippen LogP contribution < -0.4 is 4.90 Å². The van der Waals surface area contributed by atoms with Crippen LogP contribution in [0.1, 0.15) is 0 Å². The Bertz CT molecular complexity index is 3700. The number of nitrogens with zero attached hydrogens (tertiary/aromatic N) is 1. The van der Waals surface area contributed by atoms with E-state index in [-0.39, 0.29) is 0 Å². The van der Waals surface area contributed by atoms with E-state index in [0.717, 1.165) is 82.8 Å². The Morgan fingerprint density at radius 2 is 0.538 bits per heavy atom. The average Bonchev–Trinajstić information content (AvgIpc) is 3.96. The first kappa shape index (κ1) is 36.9. The van der Waals surface area contributed by atoms with Gasteiger partial charge in [0.25, 0.3) is 0 Å². The van der Waals surface area contributed by atoms with E-state index in [0.29, 0.717) is 0 Å². The Morgan fingerprint density at radius 3 is 0.954 bits per heavy atom. The fraction of sp³-hybridized carbons (Fsp3) is 0. The van der Waals surface area contributed by atoms with E-state index in [1.807, 2.05) is 12.1 Å². The second-order valence-electron chi connectivity index (χ2n) is 16.8. The second-order valence-corrected chi connectivity index (χ2v) is 16.8. The largest absolute Gasteiger partial charge is 0.455 e. The van der Waals surface area contributed by atoms with Crippen LogP contribution in [0.3, 0.4) is 0 Å². The summed E-state index contributed by atoms with van der Waals surface area (Å²) >= 11 is 0. The fourth-order valence-corrected chi connectivity index (χ4v) is 9.89. The number of benzene rings is 11. The van der Waals surface area contributed by atoms with Gasteiger partial charge >= 0.3 is 0 Å². The fourth-order valence-electron chi connectivity index (χ4n) is 9.89. The summed E-state index contributed by atoms with van der Waals surface area (Å²) in [5.41, 5.74) is 16.3. The van der Waals surface area contributed by atoms with Gasteiger partial charge in [0.1, 0.15) is 22.3 Å². The van der Waals surface area contributed by atoms with Crippen molar-refractivity contribution in [3.63, 3.8) is 0 Å². The normalized spacial score (nSPS) is 11.7. The van der Waals surface area contributed by atoms with Crippen molar-refractivity contribution in [1.29, 1.82) is 0 Å². The van der Waals surface area contributed by atoms with Gasteiger partial charge in [0.05, 0.1) is 0 Å². The summed E-state index contributed by atoms with van der Waals surface area (Å²) in [6.07, 6.45) is 0. The minimum Gasteiger partial charge on any atom is -0.455 e. The molecule has 0 saturated heterocycles. The predicted molar refractivity (Wildman–Crippen MR) is 272 cm³/mol. The Kier molecular flexibility index (Phi) is 8.53. The van der Waals surface area contributed by atoms with Crippen molar-refractivity contribution >= 4 is 82.5 Å². The summed E-state index contributed by atoms with van der Waals surface area (Å²) in [6, 6.07) is 84.7. The first-order chi connectivity index (χ1) is 32.2. The van der Waals surface area contributed by atoms with E-state index in [1.54, 1.807) is 0 Å². The number of anilines is 3. The average molecular weight is 830 g/mol. The van der Waals surface area contributed by atoms with Gasteiger partial charge in [0.15, 0.2) is 0 Å². The smallest absolute Gasteiger partial charge is 0.143 e. The van der Waals surface area contributed by atoms with Gasteiger partial charge in [0.2, 0.25) is 0 Å². The van der Waals surface area contributed by atoms with Crippen LogP contribution in [-0.2, 0) is 0 Å². The SMILES string of the molecule is c1ccc(-c2ccc(-c3ccc(N(c4ccc(-c5cc6c7ccccc7oc6c6ccccc56)cc4)c4ccc(-c5cc6c7ccccc7oc6c6ccccc56)cc4)cc3)cc2)cc1. The molecule has 0 aliphatic carbocycles. The summed E-state index contributed by atoms with van der Waals surface area (Å²) in [4.78, 5) is 2.35. The van der Waals surface area contributed by atoms with Gasteiger partial charge in [-0.1, -0.05) is 176 Å². The molecular weight excluding hydrogens is 791 g/mol. The monoisotopic (exact) mass is 829 g/mol. The molecule has 2 heterocycles. The van der Waals surface area contributed by atoms with Gasteiger partial charge in [-0.05, 0) is 116 Å². The van der Waals surface area contributed by atoms with Crippen molar-refractivity contribution in [3.8, 4) is 44.5 Å². The lowest BCUT2D eigenvalue weighted by Crippen LogP contribution is -2.09. The van der Waals surface area contributed by atoms with Gasteiger partial charge in [-0.15, -0.1) is 0 Å². The predicted octanol–water partition coefficient (Wildman–Crippen LogP) is 17.9. The molecule has 0 radical (unpaired) electrons. The highest BCUT2D eigenvalue weighted by molar-refractivity contribution is 6.20. The summed E-state index contributed by atoms with van der Waals surface area (Å²) in [6.45, 7) is 0. The molecule has 65 heavy (non-hydrogen) atoms. The first-order valence-corrected chi connectivity index (χ1v) is 22.1. The molecule has 0 amide bonds. The van der Waals surface area contributed by atoms with Crippen molar-refractivity contribution in [2.24, 2.45) is 0 Å². The molecular formula is C62H39NO2. The molecule has 3 nitrogen and oxygen atoms in total. The molecule has 0 atom stereocenters. The molecule has 13 aromatic rings. The van der Waals surface area contributed by atoms with Crippen LogP contribution in [0.5, 0.6) is 0 Å². The van der Waals surface area contributed by atoms with E-state index >= 15 is 0 Å². The number of hydrogen-bond acceptors (Lipinski definition) is 3. The number of hydrogen-bond donors (Lipinski definition) is 0. The van der Waals surface area contributed by atoms with Crippen LogP contribution in [0.25, 0.3) is 110 Å². The summed E-state index contributed by atoms with van der Waals surface area (Å²) in [7, 11) is 0. The number of para-hydroxylation sites is 2. The molecule has 13 rings (SSSR count). The van der Waals surface area contributed by atoms with Crippen LogP contribution in [0.15, 0.2) is 245 Å². The van der Waals surface area contributed by atoms with Crippen molar-refractivity contribution in [3.05, 3.63) is 237 Å². The van der Waals surface area contributed by atoms with Gasteiger partial charge < -0.3 is 13.7 Å². The highest BCUT2D eigenvalue weighted by atomic mass is 16.3. The van der Waals surface area contributed by atoms with Gasteiger partial charge in [-0.25, -0.2) is 0 Å². The zero-order valence-electron chi connectivity index (χ0n) is 35.3. The lowest BCUT2D eigenvalue weighted by atomic mass is 9.94. The third kappa shape index (κ3) is 6.20. The highest BCUT2D eigenvalue weighted by Gasteiger charge is 2.19. The van der Waals surface area contributed by atoms with Crippen molar-refractivity contribution in [2.75, 3.05) is 4.90 Å². The second kappa shape index (κ2) is 15.0. The molecule has 0 N–H and O–H groups in total. The molecule has 2 aromatic heterocycles. The summed E-state index contributed by atoms with van der Waals surface area (Å²) < 4.78 is 12.9. The first-order valence-electron chi connectivity index (χ1n) is 22.1. The third-order valence-electron chi connectivity index (χ3n) is 13.1. The Morgan fingerprint density at radius 1 is 0.231 bits per heavy atom. The maximum atomic E-state index is 6.44. The van der Waals surface area contributed by atoms with Crippen LogP contribution in [-0.4, -0.2) is 0 Å². The molecule has 11 aromatic carbocycles. The zero-order valence-corrected chi connectivity index (χ0v) is 35.3. The summed E-state index contributed by atoms with van der Waals surface area (Å²) in [5, 5.41) is 9.08. The van der Waals surface area contributed by atoms with Gasteiger partial charge in [0, 0.05) is 49.4 Å². The third-order valence-corrected chi connectivity index (χ3v) is 13.1. The lowest BCUT2D eigenvalue weighted by molar-refractivity contribution is 0.672. The topological polar surface area (TPSA) is 29.5 Å². The molecule has 3 heteroatoms. The molecule has 0 bridgehead atoms. The molecule has 0 unspecified atom stereocenters. The van der Waals surface area contributed by atoms with E-state index < -0.39 is 0 Å². The van der Waals surface area contributed by atoms with E-state index in [2.05, 4.69) is 229 Å². The molecule has 304 valence electrons. The minimum atomic E-state index is 0.903. The Hall–Kier alpha value is -8.66. The van der Waals surface area contributed by atoms with Crippen LogP contribution in [0, 0.1) is 0 Å². The molecule has 0 aliphatic rings. The maximum absolute atomic E-state index is 6.44. The van der Waals surface area contributed by atoms with E-state index in [1.165, 1.54) is 44.2 Å². The standard InChI is InChI=1S/C62H39NO2/c1-2-12-40(13-3-1)41-22-24-42(25-23-41)43-26-32-46(33-27-43)63(47-34-28-44(29-35-47)55-38-57-51-16-8-10-20-59(51)64-61(57)53-18-6-4-14-49(53)55)48-36-30-45(31-37-48)56-39-58-52-17-9-11-21-60(52)65-62(58)54-19-7-5-15-50(54)56/h1-39H. The van der Waals surface area contributed by atoms with E-state index in [9.17, 15) is 0 Å². The lowest BCUT2D eigenvalue weighted by Gasteiger charge is -2.26. The number of rotatable bonds is 7. The van der Waals surface area contributed by atoms with E-state index in [4.69, 9.17) is 8.83 Å².